The molecule has 6 nitrogen and oxygen atoms in total. The highest BCUT2D eigenvalue weighted by Gasteiger charge is 2.11. The van der Waals surface area contributed by atoms with Crippen LogP contribution >= 0.6 is 23.4 Å². The third-order valence-electron chi connectivity index (χ3n) is 4.41. The SMILES string of the molecule is CSc1cccc(NC(=O)Cn2ccn3nc(-c4ccc(Cl)cc4)cc3c2=O)c1. The maximum atomic E-state index is 12.8. The van der Waals surface area contributed by atoms with E-state index in [4.69, 9.17) is 11.6 Å². The molecule has 0 atom stereocenters. The summed E-state index contributed by atoms with van der Waals surface area (Å²) in [5, 5.41) is 7.90. The molecule has 0 aliphatic rings. The number of nitrogens with zero attached hydrogens (tertiary/aromatic N) is 3. The quantitative estimate of drug-likeness (QED) is 0.488. The Morgan fingerprint density at radius 2 is 1.93 bits per heavy atom. The van der Waals surface area contributed by atoms with E-state index in [1.165, 1.54) is 9.08 Å². The summed E-state index contributed by atoms with van der Waals surface area (Å²) < 4.78 is 2.89. The van der Waals surface area contributed by atoms with Gasteiger partial charge in [0.2, 0.25) is 5.91 Å². The molecule has 2 aromatic heterocycles. The van der Waals surface area contributed by atoms with E-state index in [1.807, 2.05) is 42.7 Å². The summed E-state index contributed by atoms with van der Waals surface area (Å²) >= 11 is 7.52. The van der Waals surface area contributed by atoms with Crippen molar-refractivity contribution in [3.05, 3.63) is 82.4 Å². The van der Waals surface area contributed by atoms with Crippen molar-refractivity contribution in [2.75, 3.05) is 11.6 Å². The minimum atomic E-state index is -0.284. The highest BCUT2D eigenvalue weighted by atomic mass is 35.5. The van der Waals surface area contributed by atoms with Gasteiger partial charge in [0.25, 0.3) is 5.56 Å². The maximum Gasteiger partial charge on any atom is 0.277 e. The summed E-state index contributed by atoms with van der Waals surface area (Å²) in [6.07, 6.45) is 5.20. The van der Waals surface area contributed by atoms with Crippen LogP contribution in [0.1, 0.15) is 0 Å². The largest absolute Gasteiger partial charge is 0.324 e. The topological polar surface area (TPSA) is 68.4 Å². The number of anilines is 1. The van der Waals surface area contributed by atoms with Gasteiger partial charge in [-0.1, -0.05) is 29.8 Å². The molecule has 0 fully saturated rings. The summed E-state index contributed by atoms with van der Waals surface area (Å²) in [6, 6.07) is 16.5. The predicted octanol–water partition coefficient (Wildman–Crippen LogP) is 4.18. The number of hydrogen-bond acceptors (Lipinski definition) is 4. The van der Waals surface area contributed by atoms with Gasteiger partial charge in [0.15, 0.2) is 0 Å². The van der Waals surface area contributed by atoms with Gasteiger partial charge in [0.1, 0.15) is 12.1 Å². The summed E-state index contributed by atoms with van der Waals surface area (Å²) in [5.74, 6) is -0.271. The first-order valence-corrected chi connectivity index (χ1v) is 10.4. The summed E-state index contributed by atoms with van der Waals surface area (Å²) in [6.45, 7) is -0.0830. The lowest BCUT2D eigenvalue weighted by atomic mass is 10.1. The van der Waals surface area contributed by atoms with Crippen molar-refractivity contribution < 1.29 is 4.79 Å². The van der Waals surface area contributed by atoms with Gasteiger partial charge in [-0.15, -0.1) is 11.8 Å². The minimum Gasteiger partial charge on any atom is -0.324 e. The molecule has 1 amide bonds. The van der Waals surface area contributed by atoms with E-state index in [2.05, 4.69) is 10.4 Å². The van der Waals surface area contributed by atoms with Gasteiger partial charge >= 0.3 is 0 Å². The van der Waals surface area contributed by atoms with Gasteiger partial charge in [-0.2, -0.15) is 5.10 Å². The van der Waals surface area contributed by atoms with E-state index < -0.39 is 0 Å². The second-order valence-corrected chi connectivity index (χ2v) is 7.69. The smallest absolute Gasteiger partial charge is 0.277 e. The summed E-state index contributed by atoms with van der Waals surface area (Å²) in [4.78, 5) is 26.3. The van der Waals surface area contributed by atoms with Crippen molar-refractivity contribution in [3.63, 3.8) is 0 Å². The average Bonchev–Trinajstić information content (AvgIpc) is 3.16. The molecule has 4 rings (SSSR count). The highest BCUT2D eigenvalue weighted by Crippen LogP contribution is 2.21. The van der Waals surface area contributed by atoms with Crippen LogP contribution in [0.4, 0.5) is 5.69 Å². The number of thioether (sulfide) groups is 1. The number of carbonyl (C=O) groups is 1. The molecule has 0 saturated heterocycles. The average molecular weight is 425 g/mol. The zero-order valence-corrected chi connectivity index (χ0v) is 17.1. The van der Waals surface area contributed by atoms with E-state index >= 15 is 0 Å². The zero-order chi connectivity index (χ0) is 20.4. The first kappa shape index (κ1) is 19.3. The fourth-order valence-electron chi connectivity index (χ4n) is 2.97. The van der Waals surface area contributed by atoms with Crippen LogP contribution in [0.25, 0.3) is 16.8 Å². The van der Waals surface area contributed by atoms with Crippen molar-refractivity contribution in [1.29, 1.82) is 0 Å². The fourth-order valence-corrected chi connectivity index (χ4v) is 3.55. The standard InChI is InChI=1S/C21H17ClN4O2S/c1-29-17-4-2-3-16(11-17)23-20(27)13-25-9-10-26-19(21(25)28)12-18(24-26)14-5-7-15(22)8-6-14/h2-12H,13H2,1H3,(H,23,27). The van der Waals surface area contributed by atoms with Gasteiger partial charge in [0.05, 0.1) is 5.69 Å². The molecule has 2 heterocycles. The molecular weight excluding hydrogens is 408 g/mol. The zero-order valence-electron chi connectivity index (χ0n) is 15.5. The summed E-state index contributed by atoms with van der Waals surface area (Å²) in [7, 11) is 0. The lowest BCUT2D eigenvalue weighted by Gasteiger charge is -2.08. The molecule has 4 aromatic rings. The Kier molecular flexibility index (Phi) is 5.42. The molecule has 0 spiro atoms. The number of carbonyl (C=O) groups excluding carboxylic acids is 1. The molecule has 0 unspecified atom stereocenters. The number of aromatic nitrogens is 3. The van der Waals surface area contributed by atoms with Crippen molar-refractivity contribution in [1.82, 2.24) is 14.2 Å². The first-order chi connectivity index (χ1) is 14.0. The number of rotatable bonds is 5. The second kappa shape index (κ2) is 8.14. The van der Waals surface area contributed by atoms with Crippen molar-refractivity contribution in [2.45, 2.75) is 11.4 Å². The molecule has 0 saturated carbocycles. The molecule has 1 N–H and O–H groups in total. The number of hydrogen-bond donors (Lipinski definition) is 1. The van der Waals surface area contributed by atoms with E-state index in [1.54, 1.807) is 42.4 Å². The molecule has 0 aliphatic heterocycles. The molecule has 29 heavy (non-hydrogen) atoms. The van der Waals surface area contributed by atoms with Crippen LogP contribution in [0, 0.1) is 0 Å². The number of halogens is 1. The Bertz CT molecular complexity index is 1250. The lowest BCUT2D eigenvalue weighted by molar-refractivity contribution is -0.116. The number of nitrogens with one attached hydrogen (secondary N) is 1. The Labute approximate surface area is 176 Å². The van der Waals surface area contributed by atoms with Crippen molar-refractivity contribution >= 4 is 40.5 Å². The molecular formula is C21H17ClN4O2S. The van der Waals surface area contributed by atoms with Gasteiger partial charge < -0.3 is 9.88 Å². The Balaban J connectivity index is 1.57. The predicted molar refractivity (Wildman–Crippen MR) is 117 cm³/mol. The molecule has 8 heteroatoms. The number of benzene rings is 2. The minimum absolute atomic E-state index is 0.0830. The van der Waals surface area contributed by atoms with E-state index in [-0.39, 0.29) is 18.0 Å². The third-order valence-corrected chi connectivity index (χ3v) is 5.39. The van der Waals surface area contributed by atoms with Crippen molar-refractivity contribution in [2.24, 2.45) is 0 Å². The van der Waals surface area contributed by atoms with Crippen LogP contribution in [-0.4, -0.2) is 26.3 Å². The molecule has 2 aromatic carbocycles. The monoisotopic (exact) mass is 424 g/mol. The molecule has 146 valence electrons. The Hall–Kier alpha value is -3.03. The van der Waals surface area contributed by atoms with Crippen molar-refractivity contribution in [3.8, 4) is 11.3 Å². The lowest BCUT2D eigenvalue weighted by Crippen LogP contribution is -2.28. The van der Waals surface area contributed by atoms with Gasteiger partial charge in [0, 0.05) is 33.6 Å². The van der Waals surface area contributed by atoms with Crippen LogP contribution in [-0.2, 0) is 11.3 Å². The third kappa shape index (κ3) is 4.21. The Morgan fingerprint density at radius 3 is 2.69 bits per heavy atom. The molecule has 0 aliphatic carbocycles. The van der Waals surface area contributed by atoms with Gasteiger partial charge in [-0.05, 0) is 42.7 Å². The number of amides is 1. The van der Waals surface area contributed by atoms with Gasteiger partial charge in [-0.3, -0.25) is 9.59 Å². The van der Waals surface area contributed by atoms with Crippen LogP contribution in [0.15, 0.2) is 76.7 Å². The van der Waals surface area contributed by atoms with Crippen LogP contribution < -0.4 is 10.9 Å². The normalized spacial score (nSPS) is 11.0. The highest BCUT2D eigenvalue weighted by molar-refractivity contribution is 7.98. The first-order valence-electron chi connectivity index (χ1n) is 8.82. The molecule has 0 radical (unpaired) electrons. The summed E-state index contributed by atoms with van der Waals surface area (Å²) in [5.41, 5.74) is 2.33. The van der Waals surface area contributed by atoms with Gasteiger partial charge in [-0.25, -0.2) is 4.52 Å². The number of fused-ring (bicyclic) bond motifs is 1. The van der Waals surface area contributed by atoms with E-state index in [9.17, 15) is 9.59 Å². The van der Waals surface area contributed by atoms with E-state index in [0.717, 1.165) is 10.5 Å². The Morgan fingerprint density at radius 1 is 1.14 bits per heavy atom. The second-order valence-electron chi connectivity index (χ2n) is 6.38. The van der Waals surface area contributed by atoms with Crippen LogP contribution in [0.3, 0.4) is 0 Å². The van der Waals surface area contributed by atoms with Crippen LogP contribution in [0.5, 0.6) is 0 Å². The maximum absolute atomic E-state index is 12.8. The van der Waals surface area contributed by atoms with E-state index in [0.29, 0.717) is 21.9 Å². The fraction of sp³-hybridized carbons (Fsp3) is 0.0952. The molecule has 0 bridgehead atoms. The van der Waals surface area contributed by atoms with Crippen LogP contribution in [0.2, 0.25) is 5.02 Å².